The first-order valence-electron chi connectivity index (χ1n) is 5.54. The molecule has 18 heavy (non-hydrogen) atoms. The van der Waals surface area contributed by atoms with Crippen molar-refractivity contribution >= 4 is 21.8 Å². The Kier molecular flexibility index (Phi) is 4.13. The van der Waals surface area contributed by atoms with Gasteiger partial charge in [-0.15, -0.1) is 0 Å². The molecular weight excluding hydrogens is 305 g/mol. The van der Waals surface area contributed by atoms with E-state index in [1.807, 2.05) is 0 Å². The van der Waals surface area contributed by atoms with Crippen LogP contribution in [0.2, 0.25) is 0 Å². The van der Waals surface area contributed by atoms with Crippen molar-refractivity contribution in [3.63, 3.8) is 0 Å². The van der Waals surface area contributed by atoms with E-state index in [4.69, 9.17) is 10.5 Å². The van der Waals surface area contributed by atoms with Crippen molar-refractivity contribution < 1.29 is 13.9 Å². The Hall–Kier alpha value is -1.21. The molecule has 0 unspecified atom stereocenters. The Bertz CT molecular complexity index is 458. The second-order valence-electron chi connectivity index (χ2n) is 4.03. The second kappa shape index (κ2) is 5.62. The highest BCUT2D eigenvalue weighted by atomic mass is 79.9. The van der Waals surface area contributed by atoms with E-state index < -0.39 is 18.2 Å². The molecule has 0 aromatic carbocycles. The molecule has 1 fully saturated rings. The highest BCUT2D eigenvalue weighted by Crippen LogP contribution is 2.24. The molecule has 1 saturated heterocycles. The number of pyridine rings is 1. The van der Waals surface area contributed by atoms with Gasteiger partial charge in [0, 0.05) is 6.54 Å². The van der Waals surface area contributed by atoms with Crippen molar-refractivity contribution in [1.29, 1.82) is 0 Å². The number of nitrogens with one attached hydrogen (secondary N) is 1. The maximum Gasteiger partial charge on any atom is 0.252 e. The summed E-state index contributed by atoms with van der Waals surface area (Å²) in [4.78, 5) is 15.2. The molecule has 98 valence electrons. The summed E-state index contributed by atoms with van der Waals surface area (Å²) in [5.41, 5.74) is 5.45. The predicted molar refractivity (Wildman–Crippen MR) is 67.3 cm³/mol. The topological polar surface area (TPSA) is 77.2 Å². The normalized spacial score (nSPS) is 23.7. The summed E-state index contributed by atoms with van der Waals surface area (Å²) in [6.45, 7) is 0.932. The van der Waals surface area contributed by atoms with Gasteiger partial charge in [-0.25, -0.2) is 9.37 Å². The summed E-state index contributed by atoms with van der Waals surface area (Å²) in [5.74, 6) is -0.405. The number of carbonyl (C=O) groups is 1. The van der Waals surface area contributed by atoms with E-state index in [0.717, 1.165) is 0 Å². The Labute approximate surface area is 112 Å². The maximum atomic E-state index is 13.6. The summed E-state index contributed by atoms with van der Waals surface area (Å²) in [6.07, 6.45) is 0.226. The van der Waals surface area contributed by atoms with Gasteiger partial charge in [-0.3, -0.25) is 4.79 Å². The molecule has 1 aromatic heterocycles. The van der Waals surface area contributed by atoms with Gasteiger partial charge in [-0.2, -0.15) is 0 Å². The van der Waals surface area contributed by atoms with Gasteiger partial charge in [0.1, 0.15) is 16.9 Å². The average molecular weight is 318 g/mol. The lowest BCUT2D eigenvalue weighted by Crippen LogP contribution is -2.44. The molecule has 2 atom stereocenters. The fourth-order valence-electron chi connectivity index (χ4n) is 1.80. The molecule has 0 saturated carbocycles. The van der Waals surface area contributed by atoms with Gasteiger partial charge >= 0.3 is 0 Å². The fraction of sp³-hybridized carbons (Fsp3) is 0.455. The van der Waals surface area contributed by atoms with Crippen LogP contribution in [0.4, 0.5) is 4.39 Å². The molecule has 3 N–H and O–H groups in total. The molecule has 0 spiro atoms. The number of aromatic nitrogens is 1. The summed E-state index contributed by atoms with van der Waals surface area (Å²) >= 11 is 3.14. The minimum atomic E-state index is -1.11. The molecule has 2 heterocycles. The van der Waals surface area contributed by atoms with Gasteiger partial charge in [0.2, 0.25) is 0 Å². The van der Waals surface area contributed by atoms with Gasteiger partial charge in [-0.05, 0) is 35.0 Å². The van der Waals surface area contributed by atoms with Crippen LogP contribution in [0.25, 0.3) is 0 Å². The van der Waals surface area contributed by atoms with Crippen LogP contribution in [0.1, 0.15) is 16.8 Å². The molecular formula is C11H13BrFN3O2. The number of nitrogens with two attached hydrogens (primary N) is 1. The number of hydrogen-bond donors (Lipinski definition) is 2. The zero-order valence-electron chi connectivity index (χ0n) is 9.53. The molecule has 2 rings (SSSR count). The quantitative estimate of drug-likeness (QED) is 0.816. The summed E-state index contributed by atoms with van der Waals surface area (Å²) in [6, 6.07) is 1.46. The molecule has 7 heteroatoms. The lowest BCUT2D eigenvalue weighted by atomic mass is 10.1. The molecule has 5 nitrogen and oxygen atoms in total. The summed E-state index contributed by atoms with van der Waals surface area (Å²) < 4.78 is 19.6. The number of alkyl halides is 1. The van der Waals surface area contributed by atoms with Gasteiger partial charge < -0.3 is 15.8 Å². The zero-order valence-corrected chi connectivity index (χ0v) is 11.1. The van der Waals surface area contributed by atoms with Crippen LogP contribution in [-0.4, -0.2) is 36.3 Å². The van der Waals surface area contributed by atoms with Crippen molar-refractivity contribution in [2.75, 3.05) is 13.1 Å². The van der Waals surface area contributed by atoms with Gasteiger partial charge in [0.05, 0.1) is 11.8 Å². The van der Waals surface area contributed by atoms with Crippen LogP contribution in [0.3, 0.4) is 0 Å². The SMILES string of the molecule is NC(=O)c1cc(Br)ncc1O[C@H]1CCNC[C@@H]1F. The smallest absolute Gasteiger partial charge is 0.252 e. The monoisotopic (exact) mass is 317 g/mol. The first kappa shape index (κ1) is 13.2. The van der Waals surface area contributed by atoms with Crippen molar-refractivity contribution in [2.45, 2.75) is 18.7 Å². The van der Waals surface area contributed by atoms with Crippen LogP contribution in [0.15, 0.2) is 16.9 Å². The Morgan fingerprint density at radius 3 is 3.11 bits per heavy atom. The van der Waals surface area contributed by atoms with Crippen molar-refractivity contribution in [3.8, 4) is 5.75 Å². The lowest BCUT2D eigenvalue weighted by molar-refractivity contribution is 0.0710. The van der Waals surface area contributed by atoms with Crippen LogP contribution in [0.5, 0.6) is 5.75 Å². The first-order valence-corrected chi connectivity index (χ1v) is 6.34. The van der Waals surface area contributed by atoms with Gasteiger partial charge in [-0.1, -0.05) is 0 Å². The molecule has 0 bridgehead atoms. The number of nitrogens with zero attached hydrogens (tertiary/aromatic N) is 1. The van der Waals surface area contributed by atoms with E-state index in [-0.39, 0.29) is 17.9 Å². The van der Waals surface area contributed by atoms with Crippen molar-refractivity contribution in [3.05, 3.63) is 22.4 Å². The zero-order chi connectivity index (χ0) is 13.1. The van der Waals surface area contributed by atoms with E-state index in [1.165, 1.54) is 12.3 Å². The van der Waals surface area contributed by atoms with E-state index in [9.17, 15) is 9.18 Å². The van der Waals surface area contributed by atoms with Crippen LogP contribution in [-0.2, 0) is 0 Å². The first-order chi connectivity index (χ1) is 8.58. The predicted octanol–water partition coefficient (Wildman–Crippen LogP) is 1.02. The highest BCUT2D eigenvalue weighted by molar-refractivity contribution is 9.10. The Morgan fingerprint density at radius 1 is 1.67 bits per heavy atom. The third-order valence-electron chi connectivity index (χ3n) is 2.73. The molecule has 1 aliphatic rings. The molecule has 1 aliphatic heterocycles. The minimum Gasteiger partial charge on any atom is -0.485 e. The number of primary amides is 1. The van der Waals surface area contributed by atoms with E-state index in [2.05, 4.69) is 26.2 Å². The third kappa shape index (κ3) is 2.97. The van der Waals surface area contributed by atoms with Crippen molar-refractivity contribution in [2.24, 2.45) is 5.73 Å². The van der Waals surface area contributed by atoms with Crippen LogP contribution >= 0.6 is 15.9 Å². The number of hydrogen-bond acceptors (Lipinski definition) is 4. The molecule has 0 aliphatic carbocycles. The average Bonchev–Trinajstić information content (AvgIpc) is 2.34. The molecule has 1 amide bonds. The number of halogens is 2. The fourth-order valence-corrected chi connectivity index (χ4v) is 2.13. The van der Waals surface area contributed by atoms with Gasteiger partial charge in [0.25, 0.3) is 5.91 Å². The standard InChI is InChI=1S/C11H13BrFN3O2/c12-10-3-6(11(14)17)9(5-16-10)18-8-1-2-15-4-7(8)13/h3,5,7-8,15H,1-2,4H2,(H2,14,17)/t7-,8-/m0/s1. The largest absolute Gasteiger partial charge is 0.485 e. The van der Waals surface area contributed by atoms with Crippen molar-refractivity contribution in [1.82, 2.24) is 10.3 Å². The van der Waals surface area contributed by atoms with E-state index in [0.29, 0.717) is 17.6 Å². The van der Waals surface area contributed by atoms with Crippen LogP contribution < -0.4 is 15.8 Å². The number of carbonyl (C=O) groups excluding carboxylic acids is 1. The number of ether oxygens (including phenoxy) is 1. The molecule has 0 radical (unpaired) electrons. The minimum absolute atomic E-state index is 0.197. The van der Waals surface area contributed by atoms with Crippen LogP contribution in [0, 0.1) is 0 Å². The second-order valence-corrected chi connectivity index (χ2v) is 4.85. The summed E-state index contributed by atoms with van der Waals surface area (Å²) in [7, 11) is 0. The highest BCUT2D eigenvalue weighted by Gasteiger charge is 2.27. The maximum absolute atomic E-state index is 13.6. The van der Waals surface area contributed by atoms with E-state index in [1.54, 1.807) is 0 Å². The Balaban J connectivity index is 2.20. The lowest BCUT2D eigenvalue weighted by Gasteiger charge is -2.27. The number of rotatable bonds is 3. The number of amides is 1. The number of piperidine rings is 1. The summed E-state index contributed by atoms with van der Waals surface area (Å²) in [5, 5.41) is 2.93. The molecule has 1 aromatic rings. The van der Waals surface area contributed by atoms with Gasteiger partial charge in [0.15, 0.2) is 5.75 Å². The third-order valence-corrected chi connectivity index (χ3v) is 3.16. The van der Waals surface area contributed by atoms with E-state index >= 15 is 0 Å². The Morgan fingerprint density at radius 2 is 2.44 bits per heavy atom.